The van der Waals surface area contributed by atoms with Gasteiger partial charge in [0.25, 0.3) is 0 Å². The number of hydrogen-bond acceptors (Lipinski definition) is 1. The monoisotopic (exact) mass is 258 g/mol. The molecule has 2 rings (SSSR count). The average Bonchev–Trinajstić information content (AvgIpc) is 2.42. The second kappa shape index (κ2) is 5.98. The predicted molar refractivity (Wildman–Crippen MR) is 75.6 cm³/mol. The van der Waals surface area contributed by atoms with E-state index in [0.29, 0.717) is 5.56 Å². The zero-order valence-electron chi connectivity index (χ0n) is 11.4. The van der Waals surface area contributed by atoms with Gasteiger partial charge in [-0.3, -0.25) is 0 Å². The highest BCUT2D eigenvalue weighted by Crippen LogP contribution is 2.24. The Kier molecular flexibility index (Phi) is 4.33. The normalized spacial score (nSPS) is 12.4. The predicted octanol–water partition coefficient (Wildman–Crippen LogP) is 4.17. The molecule has 0 aliphatic rings. The second-order valence-electron chi connectivity index (χ2n) is 4.90. The molecule has 0 radical (unpaired) electrons. The third kappa shape index (κ3) is 3.21. The van der Waals surface area contributed by atoms with Gasteiger partial charge in [-0.25, -0.2) is 4.39 Å². The fourth-order valence-corrected chi connectivity index (χ4v) is 2.19. The van der Waals surface area contributed by atoms with Crippen molar-refractivity contribution in [3.63, 3.8) is 0 Å². The van der Waals surface area contributed by atoms with Crippen molar-refractivity contribution < 1.29 is 9.50 Å². The molecule has 0 aliphatic heterocycles. The Bertz CT molecular complexity index is 546. The Labute approximate surface area is 113 Å². The number of aliphatic hydroxyl groups is 1. The maximum Gasteiger partial charge on any atom is 0.126 e. The zero-order valence-corrected chi connectivity index (χ0v) is 11.4. The van der Waals surface area contributed by atoms with Crippen LogP contribution in [0.5, 0.6) is 0 Å². The van der Waals surface area contributed by atoms with Gasteiger partial charge in [-0.2, -0.15) is 0 Å². The molecular weight excluding hydrogens is 239 g/mol. The summed E-state index contributed by atoms with van der Waals surface area (Å²) in [6, 6.07) is 12.7. The topological polar surface area (TPSA) is 20.2 Å². The quantitative estimate of drug-likeness (QED) is 0.872. The lowest BCUT2D eigenvalue weighted by Gasteiger charge is -2.13. The SMILES string of the molecule is CCCc1ccc(C(O)c2ccc(F)c(C)c2)cc1. The minimum absolute atomic E-state index is 0.241. The van der Waals surface area contributed by atoms with E-state index in [0.717, 1.165) is 24.0 Å². The minimum atomic E-state index is -0.699. The van der Waals surface area contributed by atoms with Crippen LogP contribution < -0.4 is 0 Å². The van der Waals surface area contributed by atoms with E-state index in [1.807, 2.05) is 24.3 Å². The van der Waals surface area contributed by atoms with Gasteiger partial charge in [0.15, 0.2) is 0 Å². The summed E-state index contributed by atoms with van der Waals surface area (Å²) in [5.74, 6) is -0.241. The van der Waals surface area contributed by atoms with Crippen molar-refractivity contribution in [1.29, 1.82) is 0 Å². The van der Waals surface area contributed by atoms with Crippen LogP contribution in [0.25, 0.3) is 0 Å². The number of benzene rings is 2. The van der Waals surface area contributed by atoms with Crippen LogP contribution in [0.4, 0.5) is 4.39 Å². The van der Waals surface area contributed by atoms with Crippen molar-refractivity contribution in [2.45, 2.75) is 32.8 Å². The summed E-state index contributed by atoms with van der Waals surface area (Å²) < 4.78 is 13.2. The van der Waals surface area contributed by atoms with Gasteiger partial charge in [0.2, 0.25) is 0 Å². The van der Waals surface area contributed by atoms with Crippen molar-refractivity contribution in [2.24, 2.45) is 0 Å². The van der Waals surface area contributed by atoms with E-state index >= 15 is 0 Å². The fourth-order valence-electron chi connectivity index (χ4n) is 2.19. The lowest BCUT2D eigenvalue weighted by atomic mass is 9.98. The van der Waals surface area contributed by atoms with Gasteiger partial charge in [-0.1, -0.05) is 49.7 Å². The lowest BCUT2D eigenvalue weighted by molar-refractivity contribution is 0.220. The summed E-state index contributed by atoms with van der Waals surface area (Å²) in [6.45, 7) is 3.85. The van der Waals surface area contributed by atoms with Gasteiger partial charge in [0.05, 0.1) is 0 Å². The van der Waals surface area contributed by atoms with Crippen molar-refractivity contribution in [3.8, 4) is 0 Å². The molecule has 0 amide bonds. The largest absolute Gasteiger partial charge is 0.384 e. The van der Waals surface area contributed by atoms with Gasteiger partial charge in [0.1, 0.15) is 11.9 Å². The zero-order chi connectivity index (χ0) is 13.8. The number of aryl methyl sites for hydroxylation is 2. The maximum absolute atomic E-state index is 13.2. The maximum atomic E-state index is 13.2. The van der Waals surface area contributed by atoms with Crippen LogP contribution >= 0.6 is 0 Å². The molecule has 2 heteroatoms. The summed E-state index contributed by atoms with van der Waals surface area (Å²) >= 11 is 0. The van der Waals surface area contributed by atoms with Gasteiger partial charge in [-0.05, 0) is 41.7 Å². The molecule has 0 saturated heterocycles. The summed E-state index contributed by atoms with van der Waals surface area (Å²) in [5.41, 5.74) is 3.39. The first-order valence-corrected chi connectivity index (χ1v) is 6.64. The molecule has 1 nitrogen and oxygen atoms in total. The molecule has 1 atom stereocenters. The molecule has 2 aromatic rings. The lowest BCUT2D eigenvalue weighted by Crippen LogP contribution is -2.01. The van der Waals surface area contributed by atoms with Gasteiger partial charge in [0, 0.05) is 0 Å². The Morgan fingerprint density at radius 1 is 1.05 bits per heavy atom. The highest BCUT2D eigenvalue weighted by atomic mass is 19.1. The van der Waals surface area contributed by atoms with Gasteiger partial charge >= 0.3 is 0 Å². The van der Waals surface area contributed by atoms with E-state index < -0.39 is 6.10 Å². The molecule has 0 heterocycles. The smallest absolute Gasteiger partial charge is 0.126 e. The third-order valence-electron chi connectivity index (χ3n) is 3.33. The fraction of sp³-hybridized carbons (Fsp3) is 0.294. The van der Waals surface area contributed by atoms with Crippen molar-refractivity contribution in [3.05, 3.63) is 70.5 Å². The molecule has 0 fully saturated rings. The van der Waals surface area contributed by atoms with Crippen molar-refractivity contribution >= 4 is 0 Å². The molecule has 0 bridgehead atoms. The van der Waals surface area contributed by atoms with E-state index in [4.69, 9.17) is 0 Å². The summed E-state index contributed by atoms with van der Waals surface area (Å²) in [5, 5.41) is 10.3. The van der Waals surface area contributed by atoms with E-state index in [1.165, 1.54) is 11.6 Å². The summed E-state index contributed by atoms with van der Waals surface area (Å²) in [6.07, 6.45) is 1.46. The average molecular weight is 258 g/mol. The second-order valence-corrected chi connectivity index (χ2v) is 4.90. The number of halogens is 1. The van der Waals surface area contributed by atoms with Crippen LogP contribution in [0.1, 0.15) is 41.7 Å². The molecule has 0 saturated carbocycles. The van der Waals surface area contributed by atoms with Gasteiger partial charge in [-0.15, -0.1) is 0 Å². The molecule has 2 aromatic carbocycles. The Balaban J connectivity index is 2.22. The molecular formula is C17H19FO. The van der Waals surface area contributed by atoms with Crippen LogP contribution in [0.2, 0.25) is 0 Å². The van der Waals surface area contributed by atoms with Crippen LogP contribution in [-0.4, -0.2) is 5.11 Å². The highest BCUT2D eigenvalue weighted by Gasteiger charge is 2.11. The van der Waals surface area contributed by atoms with E-state index in [1.54, 1.807) is 19.1 Å². The summed E-state index contributed by atoms with van der Waals surface area (Å²) in [7, 11) is 0. The van der Waals surface area contributed by atoms with Crippen molar-refractivity contribution in [2.75, 3.05) is 0 Å². The highest BCUT2D eigenvalue weighted by molar-refractivity contribution is 5.34. The standard InChI is InChI=1S/C17H19FO/c1-3-4-13-5-7-14(8-6-13)17(19)15-9-10-16(18)12(2)11-15/h5-11,17,19H,3-4H2,1-2H3. The summed E-state index contributed by atoms with van der Waals surface area (Å²) in [4.78, 5) is 0. The molecule has 100 valence electrons. The molecule has 19 heavy (non-hydrogen) atoms. The van der Waals surface area contributed by atoms with E-state index in [9.17, 15) is 9.50 Å². The Morgan fingerprint density at radius 3 is 2.26 bits per heavy atom. The number of aliphatic hydroxyl groups excluding tert-OH is 1. The first-order chi connectivity index (χ1) is 9.11. The molecule has 1 unspecified atom stereocenters. The molecule has 1 N–H and O–H groups in total. The number of rotatable bonds is 4. The van der Waals surface area contributed by atoms with Crippen molar-refractivity contribution in [1.82, 2.24) is 0 Å². The molecule has 0 aliphatic carbocycles. The Morgan fingerprint density at radius 2 is 1.68 bits per heavy atom. The van der Waals surface area contributed by atoms with Crippen LogP contribution in [-0.2, 0) is 6.42 Å². The third-order valence-corrected chi connectivity index (χ3v) is 3.33. The van der Waals surface area contributed by atoms with Crippen LogP contribution in [0, 0.1) is 12.7 Å². The van der Waals surface area contributed by atoms with Gasteiger partial charge < -0.3 is 5.11 Å². The Hall–Kier alpha value is -1.67. The minimum Gasteiger partial charge on any atom is -0.384 e. The molecule has 0 aromatic heterocycles. The van der Waals surface area contributed by atoms with E-state index in [-0.39, 0.29) is 5.82 Å². The number of hydrogen-bond donors (Lipinski definition) is 1. The molecule has 0 spiro atoms. The first kappa shape index (κ1) is 13.8. The van der Waals surface area contributed by atoms with E-state index in [2.05, 4.69) is 6.92 Å². The van der Waals surface area contributed by atoms with Crippen LogP contribution in [0.15, 0.2) is 42.5 Å². The first-order valence-electron chi connectivity index (χ1n) is 6.64. The van der Waals surface area contributed by atoms with Crippen LogP contribution in [0.3, 0.4) is 0 Å².